The lowest BCUT2D eigenvalue weighted by molar-refractivity contribution is 0.591. The second kappa shape index (κ2) is 14.7. The monoisotopic (exact) mass is 750 g/mol. The van der Waals surface area contributed by atoms with Crippen molar-refractivity contribution in [2.24, 2.45) is 0 Å². The molecule has 9 rings (SSSR count). The van der Waals surface area contributed by atoms with Crippen molar-refractivity contribution in [2.45, 2.75) is 52.4 Å². The summed E-state index contributed by atoms with van der Waals surface area (Å²) in [5.74, 6) is 0. The van der Waals surface area contributed by atoms with Gasteiger partial charge in [0.15, 0.2) is 0 Å². The standard InChI is InChI=1S/C56H50N2/c1-55(2,3)43-31-34-49-52(37-43)58(45-24-14-9-15-25-45)53-38-44(56(4,5)6)36-50(54(49)53)42-23-18-26-47(35-42)57(46-32-29-40(30-33-46)39-19-10-7-11-20-39)51-28-17-16-27-48(51)41-21-12-8-13-22-41/h7-38H,1-6H3. The number of aromatic nitrogens is 1. The molecule has 0 amide bonds. The largest absolute Gasteiger partial charge is 0.310 e. The number of fused-ring (bicyclic) bond motifs is 3. The molecule has 0 aliphatic carbocycles. The van der Waals surface area contributed by atoms with E-state index in [2.05, 4.69) is 245 Å². The molecule has 0 saturated carbocycles. The quantitative estimate of drug-likeness (QED) is 0.157. The van der Waals surface area contributed by atoms with Crippen LogP contribution in [0, 0.1) is 0 Å². The van der Waals surface area contributed by atoms with Gasteiger partial charge in [-0.2, -0.15) is 0 Å². The van der Waals surface area contributed by atoms with Gasteiger partial charge in [-0.15, -0.1) is 0 Å². The van der Waals surface area contributed by atoms with Gasteiger partial charge in [-0.3, -0.25) is 0 Å². The van der Waals surface area contributed by atoms with Crippen LogP contribution >= 0.6 is 0 Å². The summed E-state index contributed by atoms with van der Waals surface area (Å²) >= 11 is 0. The lowest BCUT2D eigenvalue weighted by Gasteiger charge is -2.28. The maximum atomic E-state index is 2.49. The van der Waals surface area contributed by atoms with Crippen molar-refractivity contribution in [3.8, 4) is 39.1 Å². The minimum Gasteiger partial charge on any atom is -0.310 e. The third kappa shape index (κ3) is 6.90. The highest BCUT2D eigenvalue weighted by atomic mass is 15.1. The van der Waals surface area contributed by atoms with Crippen LogP contribution in [0.25, 0.3) is 60.9 Å². The summed E-state index contributed by atoms with van der Waals surface area (Å²) in [7, 11) is 0. The SMILES string of the molecule is CC(C)(C)c1ccc2c3c(-c4cccc(N(c5ccc(-c6ccccc6)cc5)c5ccccc5-c5ccccc5)c4)cc(C(C)(C)C)cc3n(-c3ccccc3)c2c1. The first-order chi connectivity index (χ1) is 28.0. The van der Waals surface area contributed by atoms with Crippen molar-refractivity contribution in [1.82, 2.24) is 4.57 Å². The van der Waals surface area contributed by atoms with Gasteiger partial charge in [0.2, 0.25) is 0 Å². The third-order valence-corrected chi connectivity index (χ3v) is 11.5. The molecule has 0 radical (unpaired) electrons. The molecule has 0 fully saturated rings. The van der Waals surface area contributed by atoms with Crippen LogP contribution in [0.3, 0.4) is 0 Å². The van der Waals surface area contributed by atoms with E-state index in [4.69, 9.17) is 0 Å². The predicted molar refractivity (Wildman–Crippen MR) is 249 cm³/mol. The normalized spacial score (nSPS) is 12.0. The summed E-state index contributed by atoms with van der Waals surface area (Å²) in [4.78, 5) is 2.42. The zero-order valence-electron chi connectivity index (χ0n) is 34.4. The molecule has 284 valence electrons. The molecule has 0 aliphatic rings. The number of rotatable bonds is 7. The van der Waals surface area contributed by atoms with Crippen LogP contribution in [-0.4, -0.2) is 4.57 Å². The summed E-state index contributed by atoms with van der Waals surface area (Å²) in [5, 5.41) is 2.53. The molecular formula is C56H50N2. The number of benzene rings is 8. The zero-order valence-corrected chi connectivity index (χ0v) is 34.4. The maximum absolute atomic E-state index is 2.49. The number of nitrogens with zero attached hydrogens (tertiary/aromatic N) is 2. The Labute approximate surface area is 343 Å². The first-order valence-electron chi connectivity index (χ1n) is 20.4. The molecule has 0 unspecified atom stereocenters. The second-order valence-electron chi connectivity index (χ2n) is 17.5. The van der Waals surface area contributed by atoms with Crippen LogP contribution < -0.4 is 4.90 Å². The van der Waals surface area contributed by atoms with E-state index < -0.39 is 0 Å². The van der Waals surface area contributed by atoms with Gasteiger partial charge < -0.3 is 9.47 Å². The highest BCUT2D eigenvalue weighted by Gasteiger charge is 2.25. The van der Waals surface area contributed by atoms with Crippen LogP contribution in [0.1, 0.15) is 52.7 Å². The first-order valence-corrected chi connectivity index (χ1v) is 20.4. The summed E-state index contributed by atoms with van der Waals surface area (Å²) in [6, 6.07) is 71.1. The minimum atomic E-state index is -0.0732. The van der Waals surface area contributed by atoms with Crippen molar-refractivity contribution >= 4 is 38.9 Å². The van der Waals surface area contributed by atoms with E-state index in [0.29, 0.717) is 0 Å². The fourth-order valence-corrected chi connectivity index (χ4v) is 8.33. The van der Waals surface area contributed by atoms with Gasteiger partial charge in [-0.25, -0.2) is 0 Å². The molecule has 0 saturated heterocycles. The van der Waals surface area contributed by atoms with E-state index >= 15 is 0 Å². The van der Waals surface area contributed by atoms with Crippen LogP contribution in [-0.2, 0) is 10.8 Å². The average Bonchev–Trinajstić information content (AvgIpc) is 3.58. The maximum Gasteiger partial charge on any atom is 0.0550 e. The van der Waals surface area contributed by atoms with E-state index in [1.807, 2.05) is 0 Å². The molecule has 9 aromatic rings. The van der Waals surface area contributed by atoms with Crippen molar-refractivity contribution in [3.63, 3.8) is 0 Å². The first kappa shape index (κ1) is 37.0. The van der Waals surface area contributed by atoms with Gasteiger partial charge in [0.05, 0.1) is 16.7 Å². The predicted octanol–water partition coefficient (Wildman–Crippen LogP) is 15.8. The molecule has 2 nitrogen and oxygen atoms in total. The van der Waals surface area contributed by atoms with Crippen molar-refractivity contribution in [2.75, 3.05) is 4.90 Å². The van der Waals surface area contributed by atoms with Crippen molar-refractivity contribution in [1.29, 1.82) is 0 Å². The number of hydrogen-bond acceptors (Lipinski definition) is 1. The van der Waals surface area contributed by atoms with Gasteiger partial charge in [0, 0.05) is 33.4 Å². The Kier molecular flexibility index (Phi) is 9.37. The lowest BCUT2D eigenvalue weighted by atomic mass is 9.83. The van der Waals surface area contributed by atoms with Crippen molar-refractivity contribution in [3.05, 3.63) is 205 Å². The minimum absolute atomic E-state index is 0.0126. The van der Waals surface area contributed by atoms with E-state index in [9.17, 15) is 0 Å². The van der Waals surface area contributed by atoms with Crippen molar-refractivity contribution < 1.29 is 0 Å². The molecule has 0 aliphatic heterocycles. The number of hydrogen-bond donors (Lipinski definition) is 0. The van der Waals surface area contributed by atoms with E-state index in [-0.39, 0.29) is 10.8 Å². The molecule has 58 heavy (non-hydrogen) atoms. The fourth-order valence-electron chi connectivity index (χ4n) is 8.33. The molecule has 0 spiro atoms. The fraction of sp³-hybridized carbons (Fsp3) is 0.143. The zero-order chi connectivity index (χ0) is 40.0. The Balaban J connectivity index is 1.30. The topological polar surface area (TPSA) is 8.17 Å². The van der Waals surface area contributed by atoms with Crippen LogP contribution in [0.15, 0.2) is 194 Å². The van der Waals surface area contributed by atoms with Crippen LogP contribution in [0.4, 0.5) is 17.1 Å². The highest BCUT2D eigenvalue weighted by molar-refractivity contribution is 6.16. The van der Waals surface area contributed by atoms with Gasteiger partial charge >= 0.3 is 0 Å². The smallest absolute Gasteiger partial charge is 0.0550 e. The molecular weight excluding hydrogens is 701 g/mol. The van der Waals surface area contributed by atoms with Gasteiger partial charge in [-0.05, 0) is 110 Å². The van der Waals surface area contributed by atoms with Gasteiger partial charge in [0.1, 0.15) is 0 Å². The molecule has 2 heteroatoms. The molecule has 0 atom stereocenters. The Morgan fingerprint density at radius 1 is 0.379 bits per heavy atom. The Hall–Kier alpha value is -6.64. The molecule has 0 N–H and O–H groups in total. The molecule has 1 aromatic heterocycles. The van der Waals surface area contributed by atoms with Gasteiger partial charge in [-0.1, -0.05) is 175 Å². The van der Waals surface area contributed by atoms with E-state index in [1.54, 1.807) is 0 Å². The summed E-state index contributed by atoms with van der Waals surface area (Å²) in [5.41, 5.74) is 16.7. The van der Waals surface area contributed by atoms with Gasteiger partial charge in [0.25, 0.3) is 0 Å². The summed E-state index contributed by atoms with van der Waals surface area (Å²) in [6.45, 7) is 13.9. The summed E-state index contributed by atoms with van der Waals surface area (Å²) < 4.78 is 2.49. The average molecular weight is 751 g/mol. The van der Waals surface area contributed by atoms with Crippen LogP contribution in [0.5, 0.6) is 0 Å². The molecule has 1 heterocycles. The van der Waals surface area contributed by atoms with Crippen LogP contribution in [0.2, 0.25) is 0 Å². The van der Waals surface area contributed by atoms with E-state index in [1.165, 1.54) is 72.0 Å². The number of para-hydroxylation sites is 2. The highest BCUT2D eigenvalue weighted by Crippen LogP contribution is 2.46. The molecule has 0 bridgehead atoms. The third-order valence-electron chi connectivity index (χ3n) is 11.5. The Bertz CT molecular complexity index is 2870. The number of anilines is 3. The Morgan fingerprint density at radius 2 is 0.948 bits per heavy atom. The second-order valence-corrected chi connectivity index (χ2v) is 17.5. The lowest BCUT2D eigenvalue weighted by Crippen LogP contribution is -2.12. The molecule has 8 aromatic carbocycles. The van der Waals surface area contributed by atoms with E-state index in [0.717, 1.165) is 17.1 Å². The Morgan fingerprint density at radius 3 is 1.62 bits per heavy atom. The summed E-state index contributed by atoms with van der Waals surface area (Å²) in [6.07, 6.45) is 0.